The molecule has 1 heterocycles. The highest BCUT2D eigenvalue weighted by Gasteiger charge is 2.32. The number of hydrogen-bond donors (Lipinski definition) is 1. The van der Waals surface area contributed by atoms with Crippen molar-refractivity contribution in [3.05, 3.63) is 29.3 Å². The third-order valence-electron chi connectivity index (χ3n) is 3.60. The fourth-order valence-corrected chi connectivity index (χ4v) is 2.62. The predicted octanol–water partition coefficient (Wildman–Crippen LogP) is 1.92. The smallest absolute Gasteiger partial charge is 0.162 e. The summed E-state index contributed by atoms with van der Waals surface area (Å²) in [5.74, 6) is -0.941. The lowest BCUT2D eigenvalue weighted by Crippen LogP contribution is -2.21. The minimum Gasteiger partial charge on any atom is -0.496 e. The number of likely N-dealkylation sites (tertiary alicyclic amines) is 1. The number of halogens is 2. The van der Waals surface area contributed by atoms with Gasteiger partial charge in [0.1, 0.15) is 5.75 Å². The molecule has 2 unspecified atom stereocenters. The van der Waals surface area contributed by atoms with E-state index in [2.05, 4.69) is 4.90 Å². The zero-order chi connectivity index (χ0) is 13.3. The lowest BCUT2D eigenvalue weighted by molar-refractivity contribution is 0.300. The van der Waals surface area contributed by atoms with Crippen LogP contribution in [0.3, 0.4) is 0 Å². The van der Waals surface area contributed by atoms with E-state index in [1.165, 1.54) is 13.2 Å². The van der Waals surface area contributed by atoms with Crippen LogP contribution >= 0.6 is 0 Å². The number of nitrogens with two attached hydrogens (primary N) is 1. The standard InChI is InChI=1S/C13H18F2N2O/c1-17-7-8(6-16)3-12(17)9-4-10(14)11(15)5-13(9)18-2/h4-5,8,12H,3,6-7,16H2,1-2H3. The van der Waals surface area contributed by atoms with Crippen LogP contribution in [0.1, 0.15) is 18.0 Å². The third-order valence-corrected chi connectivity index (χ3v) is 3.60. The minimum atomic E-state index is -0.883. The van der Waals surface area contributed by atoms with E-state index in [0.29, 0.717) is 23.8 Å². The van der Waals surface area contributed by atoms with Gasteiger partial charge in [0.2, 0.25) is 0 Å². The van der Waals surface area contributed by atoms with Crippen LogP contribution in [0.2, 0.25) is 0 Å². The molecule has 0 radical (unpaired) electrons. The molecular formula is C13H18F2N2O. The summed E-state index contributed by atoms with van der Waals surface area (Å²) in [7, 11) is 3.42. The van der Waals surface area contributed by atoms with Gasteiger partial charge < -0.3 is 10.5 Å². The van der Waals surface area contributed by atoms with Crippen molar-refractivity contribution >= 4 is 0 Å². The molecule has 0 aliphatic carbocycles. The molecule has 1 aromatic carbocycles. The van der Waals surface area contributed by atoms with Crippen LogP contribution in [0, 0.1) is 17.6 Å². The predicted molar refractivity (Wildman–Crippen MR) is 65.4 cm³/mol. The molecule has 5 heteroatoms. The summed E-state index contributed by atoms with van der Waals surface area (Å²) in [6.45, 7) is 1.47. The van der Waals surface area contributed by atoms with E-state index in [0.717, 1.165) is 19.0 Å². The Bertz CT molecular complexity index is 439. The number of nitrogens with zero attached hydrogens (tertiary/aromatic N) is 1. The lowest BCUT2D eigenvalue weighted by Gasteiger charge is -2.22. The SMILES string of the molecule is COc1cc(F)c(F)cc1C1CC(CN)CN1C. The van der Waals surface area contributed by atoms with Gasteiger partial charge in [-0.3, -0.25) is 4.90 Å². The normalized spacial score (nSPS) is 24.5. The number of hydrogen-bond acceptors (Lipinski definition) is 3. The van der Waals surface area contributed by atoms with Crippen molar-refractivity contribution in [2.75, 3.05) is 27.2 Å². The highest BCUT2D eigenvalue weighted by atomic mass is 19.2. The molecule has 100 valence electrons. The first-order chi connectivity index (χ1) is 8.56. The first-order valence-electron chi connectivity index (χ1n) is 6.00. The van der Waals surface area contributed by atoms with E-state index in [1.807, 2.05) is 7.05 Å². The van der Waals surface area contributed by atoms with Crippen molar-refractivity contribution in [1.29, 1.82) is 0 Å². The summed E-state index contributed by atoms with van der Waals surface area (Å²) in [5.41, 5.74) is 6.36. The van der Waals surface area contributed by atoms with Gasteiger partial charge in [-0.15, -0.1) is 0 Å². The summed E-state index contributed by atoms with van der Waals surface area (Å²) < 4.78 is 31.7. The number of ether oxygens (including phenoxy) is 1. The Labute approximate surface area is 106 Å². The van der Waals surface area contributed by atoms with Gasteiger partial charge in [0, 0.05) is 24.2 Å². The Balaban J connectivity index is 2.35. The van der Waals surface area contributed by atoms with Gasteiger partial charge in [0.25, 0.3) is 0 Å². The van der Waals surface area contributed by atoms with Gasteiger partial charge in [0.05, 0.1) is 7.11 Å². The first-order valence-corrected chi connectivity index (χ1v) is 6.00. The van der Waals surface area contributed by atoms with Crippen molar-refractivity contribution in [2.24, 2.45) is 11.7 Å². The van der Waals surface area contributed by atoms with Gasteiger partial charge in [-0.25, -0.2) is 8.78 Å². The summed E-state index contributed by atoms with van der Waals surface area (Å²) in [4.78, 5) is 2.10. The van der Waals surface area contributed by atoms with E-state index in [-0.39, 0.29) is 6.04 Å². The van der Waals surface area contributed by atoms with E-state index in [4.69, 9.17) is 10.5 Å². The highest BCUT2D eigenvalue weighted by molar-refractivity contribution is 5.38. The van der Waals surface area contributed by atoms with Crippen LogP contribution in [0.5, 0.6) is 5.75 Å². The quantitative estimate of drug-likeness (QED) is 0.898. The van der Waals surface area contributed by atoms with Crippen molar-refractivity contribution in [2.45, 2.75) is 12.5 Å². The molecular weight excluding hydrogens is 238 g/mol. The highest BCUT2D eigenvalue weighted by Crippen LogP contribution is 2.38. The Morgan fingerprint density at radius 3 is 2.61 bits per heavy atom. The second-order valence-corrected chi connectivity index (χ2v) is 4.80. The van der Waals surface area contributed by atoms with Gasteiger partial charge >= 0.3 is 0 Å². The molecule has 2 N–H and O–H groups in total. The van der Waals surface area contributed by atoms with Crippen molar-refractivity contribution < 1.29 is 13.5 Å². The van der Waals surface area contributed by atoms with Crippen LogP contribution in [-0.2, 0) is 0 Å². The summed E-state index contributed by atoms with van der Waals surface area (Å²) in [5, 5.41) is 0. The van der Waals surface area contributed by atoms with Crippen LogP contribution < -0.4 is 10.5 Å². The molecule has 2 atom stereocenters. The second kappa shape index (κ2) is 5.20. The molecule has 0 bridgehead atoms. The summed E-state index contributed by atoms with van der Waals surface area (Å²) in [6.07, 6.45) is 0.842. The number of methoxy groups -OCH3 is 1. The molecule has 0 spiro atoms. The maximum Gasteiger partial charge on any atom is 0.162 e. The molecule has 0 amide bonds. The Hall–Kier alpha value is -1.20. The zero-order valence-electron chi connectivity index (χ0n) is 10.6. The minimum absolute atomic E-state index is 0.0311. The average Bonchev–Trinajstić information content (AvgIpc) is 2.73. The van der Waals surface area contributed by atoms with E-state index in [9.17, 15) is 8.78 Å². The summed E-state index contributed by atoms with van der Waals surface area (Å²) in [6, 6.07) is 2.37. The molecule has 0 aromatic heterocycles. The molecule has 3 nitrogen and oxygen atoms in total. The molecule has 1 aliphatic rings. The van der Waals surface area contributed by atoms with E-state index >= 15 is 0 Å². The topological polar surface area (TPSA) is 38.5 Å². The van der Waals surface area contributed by atoms with Gasteiger partial charge in [-0.1, -0.05) is 0 Å². The molecule has 1 aliphatic heterocycles. The molecule has 2 rings (SSSR count). The third kappa shape index (κ3) is 2.33. The maximum atomic E-state index is 13.4. The van der Waals surface area contributed by atoms with Crippen LogP contribution in [0.25, 0.3) is 0 Å². The van der Waals surface area contributed by atoms with Crippen molar-refractivity contribution in [1.82, 2.24) is 4.90 Å². The average molecular weight is 256 g/mol. The second-order valence-electron chi connectivity index (χ2n) is 4.80. The first kappa shape index (κ1) is 13.2. The van der Waals surface area contributed by atoms with Crippen LogP contribution in [-0.4, -0.2) is 32.1 Å². The largest absolute Gasteiger partial charge is 0.496 e. The Kier molecular flexibility index (Phi) is 3.82. The van der Waals surface area contributed by atoms with Gasteiger partial charge in [-0.05, 0) is 32.0 Å². The summed E-state index contributed by atoms with van der Waals surface area (Å²) >= 11 is 0. The Morgan fingerprint density at radius 2 is 2.06 bits per heavy atom. The maximum absolute atomic E-state index is 13.4. The van der Waals surface area contributed by atoms with Gasteiger partial charge in [-0.2, -0.15) is 0 Å². The van der Waals surface area contributed by atoms with Crippen LogP contribution in [0.15, 0.2) is 12.1 Å². The molecule has 0 saturated carbocycles. The number of benzene rings is 1. The van der Waals surface area contributed by atoms with Crippen molar-refractivity contribution in [3.8, 4) is 5.75 Å². The fourth-order valence-electron chi connectivity index (χ4n) is 2.62. The Morgan fingerprint density at radius 1 is 1.39 bits per heavy atom. The zero-order valence-corrected chi connectivity index (χ0v) is 10.6. The monoisotopic (exact) mass is 256 g/mol. The lowest BCUT2D eigenvalue weighted by atomic mass is 9.99. The fraction of sp³-hybridized carbons (Fsp3) is 0.538. The van der Waals surface area contributed by atoms with Crippen LogP contribution in [0.4, 0.5) is 8.78 Å². The molecule has 1 aromatic rings. The number of rotatable bonds is 3. The molecule has 1 saturated heterocycles. The van der Waals surface area contributed by atoms with E-state index in [1.54, 1.807) is 0 Å². The van der Waals surface area contributed by atoms with Crippen molar-refractivity contribution in [3.63, 3.8) is 0 Å². The van der Waals surface area contributed by atoms with Gasteiger partial charge in [0.15, 0.2) is 11.6 Å². The molecule has 1 fully saturated rings. The molecule has 18 heavy (non-hydrogen) atoms. The van der Waals surface area contributed by atoms with E-state index < -0.39 is 11.6 Å².